The SMILES string of the molecule is Cc1ccccc1C(=O)Nc1cccc(CCN2CCN(c3nsc4ccccc34)CC2)c1. The molecule has 6 heteroatoms. The van der Waals surface area contributed by atoms with Gasteiger partial charge in [-0.2, -0.15) is 4.37 Å². The molecule has 1 aliphatic heterocycles. The predicted molar refractivity (Wildman–Crippen MR) is 138 cm³/mol. The largest absolute Gasteiger partial charge is 0.353 e. The number of aryl methyl sites for hydroxylation is 1. The van der Waals surface area contributed by atoms with Crippen molar-refractivity contribution in [2.75, 3.05) is 42.9 Å². The Balaban J connectivity index is 1.15. The number of aromatic nitrogens is 1. The average molecular weight is 457 g/mol. The second kappa shape index (κ2) is 9.73. The molecule has 2 heterocycles. The number of benzene rings is 3. The Labute approximate surface area is 198 Å². The number of carbonyl (C=O) groups is 1. The molecular formula is C27H28N4OS. The Hall–Kier alpha value is -3.22. The summed E-state index contributed by atoms with van der Waals surface area (Å²) in [6, 6.07) is 24.4. The van der Waals surface area contributed by atoms with Crippen LogP contribution < -0.4 is 10.2 Å². The Morgan fingerprint density at radius 2 is 1.76 bits per heavy atom. The average Bonchev–Trinajstić information content (AvgIpc) is 3.28. The maximum Gasteiger partial charge on any atom is 0.255 e. The number of hydrogen-bond donors (Lipinski definition) is 1. The quantitative estimate of drug-likeness (QED) is 0.432. The summed E-state index contributed by atoms with van der Waals surface area (Å²) in [6.45, 7) is 7.05. The Kier molecular flexibility index (Phi) is 6.37. The third kappa shape index (κ3) is 4.92. The van der Waals surface area contributed by atoms with Crippen molar-refractivity contribution in [3.05, 3.63) is 89.5 Å². The molecule has 1 amide bonds. The van der Waals surface area contributed by atoms with E-state index in [9.17, 15) is 4.79 Å². The number of carbonyl (C=O) groups excluding carboxylic acids is 1. The highest BCUT2D eigenvalue weighted by Crippen LogP contribution is 2.29. The molecule has 0 aliphatic carbocycles. The highest BCUT2D eigenvalue weighted by atomic mass is 32.1. The van der Waals surface area contributed by atoms with E-state index in [2.05, 4.69) is 51.5 Å². The van der Waals surface area contributed by atoms with E-state index in [1.165, 1.54) is 15.6 Å². The minimum absolute atomic E-state index is 0.0593. The minimum Gasteiger partial charge on any atom is -0.353 e. The van der Waals surface area contributed by atoms with Gasteiger partial charge in [0.05, 0.1) is 4.70 Å². The van der Waals surface area contributed by atoms with Gasteiger partial charge in [-0.05, 0) is 66.3 Å². The second-order valence-electron chi connectivity index (χ2n) is 8.55. The summed E-state index contributed by atoms with van der Waals surface area (Å²) < 4.78 is 5.97. The van der Waals surface area contributed by atoms with Crippen LogP contribution in [0, 0.1) is 6.92 Å². The van der Waals surface area contributed by atoms with Crippen LogP contribution in [-0.2, 0) is 6.42 Å². The number of rotatable bonds is 6. The van der Waals surface area contributed by atoms with Gasteiger partial charge in [0.2, 0.25) is 0 Å². The lowest BCUT2D eigenvalue weighted by Gasteiger charge is -2.35. The first-order valence-corrected chi connectivity index (χ1v) is 12.2. The smallest absolute Gasteiger partial charge is 0.255 e. The number of nitrogens with one attached hydrogen (secondary N) is 1. The lowest BCUT2D eigenvalue weighted by atomic mass is 10.1. The van der Waals surface area contributed by atoms with E-state index < -0.39 is 0 Å². The summed E-state index contributed by atoms with van der Waals surface area (Å²) in [4.78, 5) is 17.6. The van der Waals surface area contributed by atoms with E-state index in [4.69, 9.17) is 4.37 Å². The van der Waals surface area contributed by atoms with Crippen LogP contribution >= 0.6 is 11.5 Å². The Morgan fingerprint density at radius 3 is 2.61 bits per heavy atom. The van der Waals surface area contributed by atoms with Crippen LogP contribution in [0.5, 0.6) is 0 Å². The topological polar surface area (TPSA) is 48.5 Å². The van der Waals surface area contributed by atoms with Gasteiger partial charge in [0.1, 0.15) is 5.82 Å². The van der Waals surface area contributed by atoms with E-state index in [1.807, 2.05) is 43.3 Å². The maximum atomic E-state index is 12.6. The molecule has 1 aliphatic rings. The fourth-order valence-corrected chi connectivity index (χ4v) is 5.20. The van der Waals surface area contributed by atoms with Crippen molar-refractivity contribution in [1.82, 2.24) is 9.27 Å². The van der Waals surface area contributed by atoms with Gasteiger partial charge >= 0.3 is 0 Å². The highest BCUT2D eigenvalue weighted by Gasteiger charge is 2.20. The molecule has 0 saturated carbocycles. The first kappa shape index (κ1) is 21.6. The van der Waals surface area contributed by atoms with Crippen molar-refractivity contribution in [1.29, 1.82) is 0 Å². The molecule has 1 fully saturated rings. The number of hydrogen-bond acceptors (Lipinski definition) is 5. The molecule has 5 nitrogen and oxygen atoms in total. The molecule has 0 radical (unpaired) electrons. The van der Waals surface area contributed by atoms with Gasteiger partial charge < -0.3 is 10.2 Å². The molecule has 4 aromatic rings. The number of anilines is 2. The van der Waals surface area contributed by atoms with Crippen molar-refractivity contribution >= 4 is 39.0 Å². The zero-order chi connectivity index (χ0) is 22.6. The standard InChI is InChI=1S/C27H28N4OS/c1-20-7-2-3-10-23(20)27(32)28-22-9-6-8-21(19-22)13-14-30-15-17-31(18-16-30)26-24-11-4-5-12-25(24)33-29-26/h2-12,19H,13-18H2,1H3,(H,28,32). The van der Waals surface area contributed by atoms with E-state index in [1.54, 1.807) is 11.5 Å². The zero-order valence-corrected chi connectivity index (χ0v) is 19.6. The van der Waals surface area contributed by atoms with Crippen molar-refractivity contribution in [2.24, 2.45) is 0 Å². The van der Waals surface area contributed by atoms with Crippen LogP contribution in [0.15, 0.2) is 72.8 Å². The molecule has 168 valence electrons. The van der Waals surface area contributed by atoms with Gasteiger partial charge in [-0.15, -0.1) is 0 Å². The third-order valence-corrected chi connectivity index (χ3v) is 7.14. The summed E-state index contributed by atoms with van der Waals surface area (Å²) >= 11 is 1.59. The zero-order valence-electron chi connectivity index (χ0n) is 18.8. The van der Waals surface area contributed by atoms with Crippen LogP contribution in [-0.4, -0.2) is 47.9 Å². The molecule has 0 atom stereocenters. The van der Waals surface area contributed by atoms with Crippen LogP contribution in [0.2, 0.25) is 0 Å². The fraction of sp³-hybridized carbons (Fsp3) is 0.259. The van der Waals surface area contributed by atoms with E-state index in [0.29, 0.717) is 5.56 Å². The van der Waals surface area contributed by atoms with Crippen molar-refractivity contribution in [3.63, 3.8) is 0 Å². The molecular weight excluding hydrogens is 428 g/mol. The lowest BCUT2D eigenvalue weighted by Crippen LogP contribution is -2.47. The first-order valence-electron chi connectivity index (χ1n) is 11.4. The third-order valence-electron chi connectivity index (χ3n) is 6.32. The normalized spacial score (nSPS) is 14.5. The molecule has 1 aromatic heterocycles. The fourth-order valence-electron chi connectivity index (χ4n) is 4.40. The molecule has 1 saturated heterocycles. The molecule has 33 heavy (non-hydrogen) atoms. The highest BCUT2D eigenvalue weighted by molar-refractivity contribution is 7.13. The summed E-state index contributed by atoms with van der Waals surface area (Å²) in [7, 11) is 0. The summed E-state index contributed by atoms with van der Waals surface area (Å²) in [5, 5.41) is 4.31. The summed E-state index contributed by atoms with van der Waals surface area (Å²) in [6.07, 6.45) is 0.966. The van der Waals surface area contributed by atoms with Crippen molar-refractivity contribution < 1.29 is 4.79 Å². The molecule has 5 rings (SSSR count). The Bertz CT molecular complexity index is 1260. The van der Waals surface area contributed by atoms with Crippen LogP contribution in [0.25, 0.3) is 10.1 Å². The molecule has 1 N–H and O–H groups in total. The van der Waals surface area contributed by atoms with Gasteiger partial charge in [0.15, 0.2) is 0 Å². The number of amides is 1. The van der Waals surface area contributed by atoms with Crippen molar-refractivity contribution in [3.8, 4) is 0 Å². The van der Waals surface area contributed by atoms with E-state index in [-0.39, 0.29) is 5.91 Å². The van der Waals surface area contributed by atoms with Gasteiger partial charge in [0.25, 0.3) is 5.91 Å². The minimum atomic E-state index is -0.0593. The van der Waals surface area contributed by atoms with Crippen LogP contribution in [0.4, 0.5) is 11.5 Å². The van der Waals surface area contributed by atoms with Gasteiger partial charge in [-0.25, -0.2) is 0 Å². The molecule has 3 aromatic carbocycles. The predicted octanol–water partition coefficient (Wildman–Crippen LogP) is 5.22. The van der Waals surface area contributed by atoms with E-state index >= 15 is 0 Å². The second-order valence-corrected chi connectivity index (χ2v) is 9.36. The molecule has 0 unspecified atom stereocenters. The number of nitrogens with zero attached hydrogens (tertiary/aromatic N) is 3. The monoisotopic (exact) mass is 456 g/mol. The molecule has 0 bridgehead atoms. The Morgan fingerprint density at radius 1 is 0.970 bits per heavy atom. The van der Waals surface area contributed by atoms with Crippen molar-refractivity contribution in [2.45, 2.75) is 13.3 Å². The van der Waals surface area contributed by atoms with Gasteiger partial charge in [-0.1, -0.05) is 42.5 Å². The molecule has 0 spiro atoms. The number of fused-ring (bicyclic) bond motifs is 1. The summed E-state index contributed by atoms with van der Waals surface area (Å²) in [5.74, 6) is 1.07. The first-order chi connectivity index (χ1) is 16.2. The van der Waals surface area contributed by atoms with Crippen LogP contribution in [0.1, 0.15) is 21.5 Å². The van der Waals surface area contributed by atoms with Gasteiger partial charge in [-0.3, -0.25) is 9.69 Å². The van der Waals surface area contributed by atoms with Gasteiger partial charge in [0, 0.05) is 49.4 Å². The maximum absolute atomic E-state index is 12.6. The summed E-state index contributed by atoms with van der Waals surface area (Å²) in [5.41, 5.74) is 3.79. The van der Waals surface area contributed by atoms with E-state index in [0.717, 1.165) is 56.2 Å². The lowest BCUT2D eigenvalue weighted by molar-refractivity contribution is 0.102. The van der Waals surface area contributed by atoms with Crippen LogP contribution in [0.3, 0.4) is 0 Å². The number of piperazine rings is 1.